The minimum atomic E-state index is -0.911. The SMILES string of the molecule is CC1CN(C(=O)O)CCC1CN1C(=O)c2ccccc2C1=O. The number of amides is 3. The second-order valence-corrected chi connectivity index (χ2v) is 6.02. The standard InChI is InChI=1S/C16H18N2O4/c1-10-8-17(16(21)22)7-6-11(10)9-18-14(19)12-4-2-3-5-13(12)15(18)20/h2-5,10-11H,6-9H2,1H3,(H,21,22). The molecule has 0 bridgehead atoms. The topological polar surface area (TPSA) is 77.9 Å². The van der Waals surface area contributed by atoms with Crippen molar-refractivity contribution in [3.8, 4) is 0 Å². The highest BCUT2D eigenvalue weighted by molar-refractivity contribution is 6.21. The predicted octanol–water partition coefficient (Wildman–Crippen LogP) is 1.92. The van der Waals surface area contributed by atoms with E-state index >= 15 is 0 Å². The number of likely N-dealkylation sites (tertiary alicyclic amines) is 1. The molecule has 0 aliphatic carbocycles. The first-order valence-electron chi connectivity index (χ1n) is 7.42. The van der Waals surface area contributed by atoms with Gasteiger partial charge in [-0.15, -0.1) is 0 Å². The lowest BCUT2D eigenvalue weighted by atomic mass is 9.86. The zero-order valence-corrected chi connectivity index (χ0v) is 12.4. The van der Waals surface area contributed by atoms with Crippen molar-refractivity contribution < 1.29 is 19.5 Å². The Hall–Kier alpha value is -2.37. The third kappa shape index (κ3) is 2.34. The van der Waals surface area contributed by atoms with Gasteiger partial charge in [-0.3, -0.25) is 14.5 Å². The Kier molecular flexibility index (Phi) is 3.60. The normalized spacial score (nSPS) is 24.6. The largest absolute Gasteiger partial charge is 0.465 e. The molecule has 0 saturated carbocycles. The number of carbonyl (C=O) groups is 3. The van der Waals surface area contributed by atoms with Crippen LogP contribution < -0.4 is 0 Å². The Morgan fingerprint density at radius 3 is 2.32 bits per heavy atom. The Balaban J connectivity index is 1.72. The van der Waals surface area contributed by atoms with E-state index in [0.29, 0.717) is 37.2 Å². The molecule has 0 aromatic heterocycles. The maximum absolute atomic E-state index is 12.4. The van der Waals surface area contributed by atoms with Crippen molar-refractivity contribution in [3.63, 3.8) is 0 Å². The zero-order chi connectivity index (χ0) is 15.9. The summed E-state index contributed by atoms with van der Waals surface area (Å²) in [4.78, 5) is 38.4. The highest BCUT2D eigenvalue weighted by atomic mass is 16.4. The molecule has 1 aromatic carbocycles. The number of hydrogen-bond donors (Lipinski definition) is 1. The third-order valence-corrected chi connectivity index (χ3v) is 4.65. The molecule has 1 aromatic rings. The van der Waals surface area contributed by atoms with E-state index in [2.05, 4.69) is 0 Å². The lowest BCUT2D eigenvalue weighted by molar-refractivity contribution is 0.0538. The Morgan fingerprint density at radius 1 is 1.23 bits per heavy atom. The van der Waals surface area contributed by atoms with Crippen molar-refractivity contribution in [1.82, 2.24) is 9.80 Å². The lowest BCUT2D eigenvalue weighted by Crippen LogP contribution is -2.46. The van der Waals surface area contributed by atoms with E-state index < -0.39 is 6.09 Å². The van der Waals surface area contributed by atoms with Crippen LogP contribution in [0.15, 0.2) is 24.3 Å². The van der Waals surface area contributed by atoms with Gasteiger partial charge in [-0.05, 0) is 30.4 Å². The molecule has 2 atom stereocenters. The lowest BCUT2D eigenvalue weighted by Gasteiger charge is -2.36. The number of carbonyl (C=O) groups excluding carboxylic acids is 2. The first-order valence-corrected chi connectivity index (χ1v) is 7.42. The molecule has 22 heavy (non-hydrogen) atoms. The fraction of sp³-hybridized carbons (Fsp3) is 0.438. The van der Waals surface area contributed by atoms with Crippen LogP contribution in [0.4, 0.5) is 4.79 Å². The van der Waals surface area contributed by atoms with Crippen LogP contribution in [0.2, 0.25) is 0 Å². The molecule has 0 spiro atoms. The molecule has 2 aliphatic rings. The summed E-state index contributed by atoms with van der Waals surface area (Å²) >= 11 is 0. The minimum absolute atomic E-state index is 0.120. The van der Waals surface area contributed by atoms with Crippen LogP contribution in [-0.2, 0) is 0 Å². The summed E-state index contributed by atoms with van der Waals surface area (Å²) in [6, 6.07) is 6.85. The zero-order valence-electron chi connectivity index (χ0n) is 12.4. The fourth-order valence-electron chi connectivity index (χ4n) is 3.28. The van der Waals surface area contributed by atoms with Gasteiger partial charge in [0.25, 0.3) is 11.8 Å². The van der Waals surface area contributed by atoms with E-state index in [0.717, 1.165) is 0 Å². The van der Waals surface area contributed by atoms with Gasteiger partial charge in [0, 0.05) is 19.6 Å². The van der Waals surface area contributed by atoms with Gasteiger partial charge >= 0.3 is 6.09 Å². The van der Waals surface area contributed by atoms with Crippen LogP contribution in [0.5, 0.6) is 0 Å². The Morgan fingerprint density at radius 2 is 1.82 bits per heavy atom. The predicted molar refractivity (Wildman–Crippen MR) is 78.7 cm³/mol. The van der Waals surface area contributed by atoms with Crippen LogP contribution in [-0.4, -0.2) is 52.4 Å². The Bertz CT molecular complexity index is 608. The molecule has 6 nitrogen and oxygen atoms in total. The second kappa shape index (κ2) is 5.44. The molecule has 2 heterocycles. The van der Waals surface area contributed by atoms with Crippen molar-refractivity contribution in [2.45, 2.75) is 13.3 Å². The first-order chi connectivity index (χ1) is 10.5. The highest BCUT2D eigenvalue weighted by Gasteiger charge is 2.38. The van der Waals surface area contributed by atoms with Crippen LogP contribution >= 0.6 is 0 Å². The van der Waals surface area contributed by atoms with Crippen LogP contribution in [0.25, 0.3) is 0 Å². The molecule has 3 rings (SSSR count). The van der Waals surface area contributed by atoms with Crippen LogP contribution in [0, 0.1) is 11.8 Å². The van der Waals surface area contributed by atoms with Crippen molar-refractivity contribution in [2.24, 2.45) is 11.8 Å². The summed E-state index contributed by atoms with van der Waals surface area (Å²) in [6.07, 6.45) is -0.244. The molecule has 1 N–H and O–H groups in total. The highest BCUT2D eigenvalue weighted by Crippen LogP contribution is 2.29. The van der Waals surface area contributed by atoms with E-state index in [4.69, 9.17) is 5.11 Å². The first kappa shape index (κ1) is 14.6. The molecule has 6 heteroatoms. The van der Waals surface area contributed by atoms with Crippen molar-refractivity contribution in [3.05, 3.63) is 35.4 Å². The number of hydrogen-bond acceptors (Lipinski definition) is 3. The number of imide groups is 1. The van der Waals surface area contributed by atoms with E-state index in [9.17, 15) is 14.4 Å². The van der Waals surface area contributed by atoms with Crippen molar-refractivity contribution >= 4 is 17.9 Å². The van der Waals surface area contributed by atoms with Crippen LogP contribution in [0.1, 0.15) is 34.1 Å². The van der Waals surface area contributed by atoms with Gasteiger partial charge in [0.05, 0.1) is 11.1 Å². The van der Waals surface area contributed by atoms with E-state index in [-0.39, 0.29) is 23.7 Å². The third-order valence-electron chi connectivity index (χ3n) is 4.65. The quantitative estimate of drug-likeness (QED) is 0.847. The fourth-order valence-corrected chi connectivity index (χ4v) is 3.28. The molecule has 2 unspecified atom stereocenters. The molecule has 1 saturated heterocycles. The average molecular weight is 302 g/mol. The molecular weight excluding hydrogens is 284 g/mol. The number of benzene rings is 1. The second-order valence-electron chi connectivity index (χ2n) is 6.02. The number of carboxylic acid groups (broad SMARTS) is 1. The van der Waals surface area contributed by atoms with Gasteiger partial charge in [-0.2, -0.15) is 0 Å². The monoisotopic (exact) mass is 302 g/mol. The molecule has 2 aliphatic heterocycles. The molecule has 3 amide bonds. The Labute approximate surface area is 128 Å². The molecule has 116 valence electrons. The van der Waals surface area contributed by atoms with Crippen molar-refractivity contribution in [2.75, 3.05) is 19.6 Å². The average Bonchev–Trinajstić information content (AvgIpc) is 2.74. The molecule has 0 radical (unpaired) electrons. The van der Waals surface area contributed by atoms with Gasteiger partial charge in [-0.1, -0.05) is 19.1 Å². The number of piperidine rings is 1. The maximum Gasteiger partial charge on any atom is 0.407 e. The summed E-state index contributed by atoms with van der Waals surface area (Å²) in [6.45, 7) is 3.23. The number of fused-ring (bicyclic) bond motifs is 1. The molecule has 1 fully saturated rings. The van der Waals surface area contributed by atoms with Gasteiger partial charge in [-0.25, -0.2) is 4.79 Å². The van der Waals surface area contributed by atoms with Gasteiger partial charge in [0.2, 0.25) is 0 Å². The van der Waals surface area contributed by atoms with Crippen LogP contribution in [0.3, 0.4) is 0 Å². The summed E-state index contributed by atoms with van der Waals surface area (Å²) < 4.78 is 0. The summed E-state index contributed by atoms with van der Waals surface area (Å²) in [5.41, 5.74) is 0.922. The van der Waals surface area contributed by atoms with E-state index in [1.807, 2.05) is 6.92 Å². The smallest absolute Gasteiger partial charge is 0.407 e. The minimum Gasteiger partial charge on any atom is -0.465 e. The van der Waals surface area contributed by atoms with E-state index in [1.54, 1.807) is 24.3 Å². The maximum atomic E-state index is 12.4. The summed E-state index contributed by atoms with van der Waals surface area (Å²) in [5, 5.41) is 9.04. The summed E-state index contributed by atoms with van der Waals surface area (Å²) in [5.74, 6) is -0.228. The summed E-state index contributed by atoms with van der Waals surface area (Å²) in [7, 11) is 0. The van der Waals surface area contributed by atoms with Gasteiger partial charge in [0.15, 0.2) is 0 Å². The number of rotatable bonds is 2. The van der Waals surface area contributed by atoms with Gasteiger partial charge < -0.3 is 10.0 Å². The molecular formula is C16H18N2O4. The van der Waals surface area contributed by atoms with Crippen molar-refractivity contribution in [1.29, 1.82) is 0 Å². The van der Waals surface area contributed by atoms with E-state index in [1.165, 1.54) is 9.80 Å². The van der Waals surface area contributed by atoms with Gasteiger partial charge in [0.1, 0.15) is 0 Å². The number of nitrogens with zero attached hydrogens (tertiary/aromatic N) is 2.